The summed E-state index contributed by atoms with van der Waals surface area (Å²) in [6, 6.07) is 6.26. The number of aliphatic hydroxyl groups is 2. The molecule has 0 aliphatic rings. The maximum absolute atomic E-state index is 10.7. The Bertz CT molecular complexity index is 485. The zero-order valence-electron chi connectivity index (χ0n) is 9.72. The summed E-state index contributed by atoms with van der Waals surface area (Å²) in [7, 11) is 0. The van der Waals surface area contributed by atoms with Crippen molar-refractivity contribution >= 4 is 17.5 Å². The van der Waals surface area contributed by atoms with Crippen LogP contribution in [0.25, 0.3) is 0 Å². The standard InChI is InChI=1S/C12H13ClN2O3/c1-7(16)15-6-11(17)12(18)9-2-8(5-14)3-10(13)4-9/h2-4,11-12,17-18H,6H2,1H3,(H,15,16). The third kappa shape index (κ3) is 4.00. The maximum atomic E-state index is 10.7. The number of carbonyl (C=O) groups excluding carboxylic acids is 1. The summed E-state index contributed by atoms with van der Waals surface area (Å²) >= 11 is 5.79. The van der Waals surface area contributed by atoms with Gasteiger partial charge in [-0.2, -0.15) is 5.26 Å². The first kappa shape index (κ1) is 14.5. The highest BCUT2D eigenvalue weighted by Gasteiger charge is 2.19. The Balaban J connectivity index is 2.83. The zero-order chi connectivity index (χ0) is 13.7. The fraction of sp³-hybridized carbons (Fsp3) is 0.333. The molecule has 5 nitrogen and oxygen atoms in total. The molecule has 0 fully saturated rings. The number of hydrogen-bond acceptors (Lipinski definition) is 4. The molecule has 0 heterocycles. The molecule has 18 heavy (non-hydrogen) atoms. The largest absolute Gasteiger partial charge is 0.388 e. The molecule has 0 aliphatic heterocycles. The van der Waals surface area contributed by atoms with Crippen LogP contribution in [0.3, 0.4) is 0 Å². The average Bonchev–Trinajstić information content (AvgIpc) is 2.34. The van der Waals surface area contributed by atoms with Gasteiger partial charge in [0.2, 0.25) is 5.91 Å². The Kier molecular flexibility index (Phi) is 5.10. The topological polar surface area (TPSA) is 93.3 Å². The fourth-order valence-electron chi connectivity index (χ4n) is 1.43. The van der Waals surface area contributed by atoms with Crippen molar-refractivity contribution in [3.63, 3.8) is 0 Å². The van der Waals surface area contributed by atoms with Gasteiger partial charge in [0.1, 0.15) is 12.2 Å². The summed E-state index contributed by atoms with van der Waals surface area (Å²) in [5.74, 6) is -0.301. The van der Waals surface area contributed by atoms with Crippen molar-refractivity contribution in [2.45, 2.75) is 19.1 Å². The monoisotopic (exact) mass is 268 g/mol. The predicted octanol–water partition coefficient (Wildman–Crippen LogP) is 0.742. The first-order valence-electron chi connectivity index (χ1n) is 5.25. The van der Waals surface area contributed by atoms with Crippen LogP contribution in [0.2, 0.25) is 5.02 Å². The van der Waals surface area contributed by atoms with E-state index in [2.05, 4.69) is 5.32 Å². The molecule has 0 aliphatic carbocycles. The average molecular weight is 269 g/mol. The molecule has 0 saturated carbocycles. The van der Waals surface area contributed by atoms with Crippen LogP contribution >= 0.6 is 11.6 Å². The number of nitriles is 1. The van der Waals surface area contributed by atoms with E-state index in [4.69, 9.17) is 16.9 Å². The molecule has 2 atom stereocenters. The van der Waals surface area contributed by atoms with Gasteiger partial charge in [-0.3, -0.25) is 4.79 Å². The van der Waals surface area contributed by atoms with Crippen LogP contribution in [0.15, 0.2) is 18.2 Å². The molecule has 3 N–H and O–H groups in total. The number of nitrogens with one attached hydrogen (secondary N) is 1. The van der Waals surface area contributed by atoms with Gasteiger partial charge in [0, 0.05) is 18.5 Å². The second-order valence-electron chi connectivity index (χ2n) is 3.83. The summed E-state index contributed by atoms with van der Waals surface area (Å²) in [6.45, 7) is 1.23. The molecule has 1 rings (SSSR count). The van der Waals surface area contributed by atoms with Crippen LogP contribution in [0, 0.1) is 11.3 Å². The van der Waals surface area contributed by atoms with Crippen molar-refractivity contribution in [2.24, 2.45) is 0 Å². The van der Waals surface area contributed by atoms with E-state index in [0.717, 1.165) is 0 Å². The molecule has 2 unspecified atom stereocenters. The van der Waals surface area contributed by atoms with E-state index in [9.17, 15) is 15.0 Å². The smallest absolute Gasteiger partial charge is 0.216 e. The first-order chi connectivity index (χ1) is 8.43. The first-order valence-corrected chi connectivity index (χ1v) is 5.63. The maximum Gasteiger partial charge on any atom is 0.216 e. The number of halogens is 1. The SMILES string of the molecule is CC(=O)NCC(O)C(O)c1cc(Cl)cc(C#N)c1. The molecular weight excluding hydrogens is 256 g/mol. The molecular formula is C12H13ClN2O3. The molecule has 0 aromatic heterocycles. The van der Waals surface area contributed by atoms with Crippen LogP contribution in [0.4, 0.5) is 0 Å². The van der Waals surface area contributed by atoms with Gasteiger partial charge in [-0.25, -0.2) is 0 Å². The molecule has 1 aromatic rings. The number of amides is 1. The Labute approximate surface area is 110 Å². The summed E-state index contributed by atoms with van der Waals surface area (Å²) < 4.78 is 0. The number of hydrogen-bond donors (Lipinski definition) is 3. The van der Waals surface area contributed by atoms with Gasteiger partial charge in [0.05, 0.1) is 11.6 Å². The lowest BCUT2D eigenvalue weighted by Crippen LogP contribution is -2.34. The van der Waals surface area contributed by atoms with E-state index in [1.54, 1.807) is 0 Å². The van der Waals surface area contributed by atoms with E-state index in [1.165, 1.54) is 25.1 Å². The van der Waals surface area contributed by atoms with Crippen molar-refractivity contribution in [3.8, 4) is 6.07 Å². The van der Waals surface area contributed by atoms with Crippen LogP contribution < -0.4 is 5.32 Å². The Morgan fingerprint density at radius 1 is 1.50 bits per heavy atom. The third-order valence-electron chi connectivity index (χ3n) is 2.32. The fourth-order valence-corrected chi connectivity index (χ4v) is 1.67. The molecule has 0 saturated heterocycles. The van der Waals surface area contributed by atoms with E-state index in [1.807, 2.05) is 6.07 Å². The van der Waals surface area contributed by atoms with Crippen molar-refractivity contribution < 1.29 is 15.0 Å². The van der Waals surface area contributed by atoms with Gasteiger partial charge in [0.15, 0.2) is 0 Å². The highest BCUT2D eigenvalue weighted by molar-refractivity contribution is 6.30. The predicted molar refractivity (Wildman–Crippen MR) is 65.8 cm³/mol. The second kappa shape index (κ2) is 6.36. The van der Waals surface area contributed by atoms with Crippen molar-refractivity contribution in [1.29, 1.82) is 5.26 Å². The minimum atomic E-state index is -1.22. The minimum Gasteiger partial charge on any atom is -0.388 e. The van der Waals surface area contributed by atoms with Gasteiger partial charge >= 0.3 is 0 Å². The highest BCUT2D eigenvalue weighted by Crippen LogP contribution is 2.22. The van der Waals surface area contributed by atoms with Gasteiger partial charge < -0.3 is 15.5 Å². The van der Waals surface area contributed by atoms with E-state index >= 15 is 0 Å². The summed E-state index contributed by atoms with van der Waals surface area (Å²) in [5, 5.41) is 31.0. The molecule has 96 valence electrons. The summed E-state index contributed by atoms with van der Waals surface area (Å²) in [6.07, 6.45) is -2.39. The van der Waals surface area contributed by atoms with Crippen LogP contribution in [-0.2, 0) is 4.79 Å². The zero-order valence-corrected chi connectivity index (χ0v) is 10.5. The van der Waals surface area contributed by atoms with E-state index in [-0.39, 0.29) is 12.5 Å². The number of nitrogens with zero attached hydrogens (tertiary/aromatic N) is 1. The van der Waals surface area contributed by atoms with E-state index in [0.29, 0.717) is 16.1 Å². The van der Waals surface area contributed by atoms with Crippen LogP contribution in [0.5, 0.6) is 0 Å². The van der Waals surface area contributed by atoms with Gasteiger partial charge in [-0.15, -0.1) is 0 Å². The molecule has 0 radical (unpaired) electrons. The van der Waals surface area contributed by atoms with E-state index < -0.39 is 12.2 Å². The summed E-state index contributed by atoms with van der Waals surface area (Å²) in [5.41, 5.74) is 0.625. The minimum absolute atomic E-state index is 0.0785. The lowest BCUT2D eigenvalue weighted by Gasteiger charge is -2.18. The van der Waals surface area contributed by atoms with Gasteiger partial charge in [0.25, 0.3) is 0 Å². The lowest BCUT2D eigenvalue weighted by atomic mass is 10.0. The number of aliphatic hydroxyl groups excluding tert-OH is 2. The quantitative estimate of drug-likeness (QED) is 0.751. The van der Waals surface area contributed by atoms with Crippen molar-refractivity contribution in [3.05, 3.63) is 34.3 Å². The van der Waals surface area contributed by atoms with Gasteiger partial charge in [-0.05, 0) is 23.8 Å². The Morgan fingerprint density at radius 2 is 2.17 bits per heavy atom. The Hall–Kier alpha value is -1.61. The second-order valence-corrected chi connectivity index (χ2v) is 4.27. The van der Waals surface area contributed by atoms with Crippen molar-refractivity contribution in [2.75, 3.05) is 6.54 Å². The number of carbonyl (C=O) groups is 1. The van der Waals surface area contributed by atoms with Gasteiger partial charge in [-0.1, -0.05) is 11.6 Å². The molecule has 6 heteroatoms. The molecule has 1 amide bonds. The summed E-state index contributed by atoms with van der Waals surface area (Å²) in [4.78, 5) is 10.7. The molecule has 0 bridgehead atoms. The molecule has 1 aromatic carbocycles. The normalized spacial score (nSPS) is 13.5. The number of rotatable bonds is 4. The molecule has 0 spiro atoms. The highest BCUT2D eigenvalue weighted by atomic mass is 35.5. The number of benzene rings is 1. The van der Waals surface area contributed by atoms with Crippen LogP contribution in [0.1, 0.15) is 24.2 Å². The van der Waals surface area contributed by atoms with Crippen molar-refractivity contribution in [1.82, 2.24) is 5.32 Å². The Morgan fingerprint density at radius 3 is 2.72 bits per heavy atom. The third-order valence-corrected chi connectivity index (χ3v) is 2.53. The lowest BCUT2D eigenvalue weighted by molar-refractivity contribution is -0.119. The van der Waals surface area contributed by atoms with Crippen LogP contribution in [-0.4, -0.2) is 28.8 Å².